The number of carbonyl (C=O) groups excluding carboxylic acids is 2. The Kier molecular flexibility index (Phi) is 5.47. The molecule has 152 valence electrons. The third kappa shape index (κ3) is 4.39. The number of hydrogen-bond donors (Lipinski definition) is 1. The second kappa shape index (κ2) is 8.19. The third-order valence-corrected chi connectivity index (χ3v) is 5.61. The first-order valence-corrected chi connectivity index (χ1v) is 9.83. The Morgan fingerprint density at radius 2 is 1.62 bits per heavy atom. The van der Waals surface area contributed by atoms with Gasteiger partial charge in [-0.2, -0.15) is 0 Å². The first-order valence-electron chi connectivity index (χ1n) is 9.83. The van der Waals surface area contributed by atoms with E-state index in [1.807, 2.05) is 4.90 Å². The minimum absolute atomic E-state index is 0.000107. The maximum atomic E-state index is 13.9. The molecule has 1 heterocycles. The second-order valence-electron chi connectivity index (χ2n) is 7.56. The van der Waals surface area contributed by atoms with Crippen molar-refractivity contribution in [3.8, 4) is 0 Å². The van der Waals surface area contributed by atoms with E-state index in [0.29, 0.717) is 44.8 Å². The molecule has 2 aromatic rings. The van der Waals surface area contributed by atoms with Gasteiger partial charge in [0, 0.05) is 32.7 Å². The van der Waals surface area contributed by atoms with Crippen LogP contribution in [0.3, 0.4) is 0 Å². The molecule has 1 aliphatic carbocycles. The summed E-state index contributed by atoms with van der Waals surface area (Å²) in [4.78, 5) is 28.7. The van der Waals surface area contributed by atoms with E-state index in [2.05, 4.69) is 5.32 Å². The fourth-order valence-electron chi connectivity index (χ4n) is 3.79. The number of benzene rings is 2. The topological polar surface area (TPSA) is 52.7 Å². The molecule has 5 nitrogen and oxygen atoms in total. The zero-order valence-corrected chi connectivity index (χ0v) is 16.0. The van der Waals surface area contributed by atoms with Crippen LogP contribution in [0.4, 0.5) is 14.5 Å². The quantitative estimate of drug-likeness (QED) is 0.841. The van der Waals surface area contributed by atoms with Crippen LogP contribution in [-0.4, -0.2) is 42.9 Å². The van der Waals surface area contributed by atoms with E-state index >= 15 is 0 Å². The molecule has 2 unspecified atom stereocenters. The molecule has 1 saturated carbocycles. The van der Waals surface area contributed by atoms with Crippen molar-refractivity contribution < 1.29 is 18.4 Å². The molecule has 2 atom stereocenters. The van der Waals surface area contributed by atoms with E-state index in [-0.39, 0.29) is 35.3 Å². The number of nitrogens with one attached hydrogen (secondary N) is 1. The van der Waals surface area contributed by atoms with Crippen LogP contribution >= 0.6 is 0 Å². The number of anilines is 1. The van der Waals surface area contributed by atoms with E-state index < -0.39 is 0 Å². The molecule has 29 heavy (non-hydrogen) atoms. The number of hydrogen-bond acceptors (Lipinski definition) is 3. The van der Waals surface area contributed by atoms with Crippen LogP contribution in [0, 0.1) is 23.5 Å². The molecule has 2 aliphatic rings. The van der Waals surface area contributed by atoms with Gasteiger partial charge in [0.05, 0.1) is 17.5 Å². The molecule has 7 heteroatoms. The van der Waals surface area contributed by atoms with Crippen molar-refractivity contribution in [2.45, 2.75) is 13.0 Å². The molecular formula is C22H23F2N3O2. The summed E-state index contributed by atoms with van der Waals surface area (Å²) in [6, 6.07) is 12.6. The SMILES string of the molecule is O=C(NCc1ccc(F)cc1)C1CC1C(=O)N1CCN(c2ccccc2F)CC1. The van der Waals surface area contributed by atoms with Gasteiger partial charge in [0.15, 0.2) is 0 Å². The van der Waals surface area contributed by atoms with Gasteiger partial charge in [0.25, 0.3) is 0 Å². The summed E-state index contributed by atoms with van der Waals surface area (Å²) in [7, 11) is 0. The average molecular weight is 399 g/mol. The second-order valence-corrected chi connectivity index (χ2v) is 7.56. The lowest BCUT2D eigenvalue weighted by Gasteiger charge is -2.36. The van der Waals surface area contributed by atoms with Crippen LogP contribution in [-0.2, 0) is 16.1 Å². The van der Waals surface area contributed by atoms with Gasteiger partial charge in [-0.15, -0.1) is 0 Å². The first-order chi connectivity index (χ1) is 14.0. The number of halogens is 2. The third-order valence-electron chi connectivity index (χ3n) is 5.61. The maximum absolute atomic E-state index is 13.9. The van der Waals surface area contributed by atoms with Crippen molar-refractivity contribution in [1.29, 1.82) is 0 Å². The predicted octanol–water partition coefficient (Wildman–Crippen LogP) is 2.57. The van der Waals surface area contributed by atoms with E-state index in [1.54, 1.807) is 35.2 Å². The van der Waals surface area contributed by atoms with Crippen molar-refractivity contribution in [2.75, 3.05) is 31.1 Å². The summed E-state index contributed by atoms with van der Waals surface area (Å²) >= 11 is 0. The van der Waals surface area contributed by atoms with Crippen LogP contribution in [0.1, 0.15) is 12.0 Å². The van der Waals surface area contributed by atoms with Gasteiger partial charge >= 0.3 is 0 Å². The van der Waals surface area contributed by atoms with Crippen LogP contribution in [0.25, 0.3) is 0 Å². The minimum atomic E-state index is -0.317. The Bertz CT molecular complexity index is 895. The van der Waals surface area contributed by atoms with Gasteiger partial charge in [-0.1, -0.05) is 24.3 Å². The molecule has 1 saturated heterocycles. The molecule has 0 bridgehead atoms. The van der Waals surface area contributed by atoms with E-state index in [9.17, 15) is 18.4 Å². The highest BCUT2D eigenvalue weighted by Crippen LogP contribution is 2.40. The number of carbonyl (C=O) groups is 2. The molecule has 0 spiro atoms. The molecule has 2 aromatic carbocycles. The number of nitrogens with zero attached hydrogens (tertiary/aromatic N) is 2. The van der Waals surface area contributed by atoms with Gasteiger partial charge in [-0.3, -0.25) is 9.59 Å². The van der Waals surface area contributed by atoms with E-state index in [4.69, 9.17) is 0 Å². The Morgan fingerprint density at radius 1 is 0.931 bits per heavy atom. The van der Waals surface area contributed by atoms with E-state index in [0.717, 1.165) is 5.56 Å². The number of amides is 2. The summed E-state index contributed by atoms with van der Waals surface area (Å²) in [6.07, 6.45) is 0.557. The zero-order chi connectivity index (χ0) is 20.4. The lowest BCUT2D eigenvalue weighted by atomic mass is 10.2. The van der Waals surface area contributed by atoms with Crippen LogP contribution in [0.15, 0.2) is 48.5 Å². The van der Waals surface area contributed by atoms with Gasteiger partial charge in [-0.25, -0.2) is 8.78 Å². The smallest absolute Gasteiger partial charge is 0.226 e. The molecule has 1 N–H and O–H groups in total. The highest BCUT2D eigenvalue weighted by molar-refractivity contribution is 5.92. The van der Waals surface area contributed by atoms with Crippen molar-refractivity contribution in [1.82, 2.24) is 10.2 Å². The lowest BCUT2D eigenvalue weighted by Crippen LogP contribution is -2.49. The Balaban J connectivity index is 1.24. The molecule has 2 fully saturated rings. The van der Waals surface area contributed by atoms with Crippen molar-refractivity contribution in [3.63, 3.8) is 0 Å². The Morgan fingerprint density at radius 3 is 2.31 bits per heavy atom. The highest BCUT2D eigenvalue weighted by Gasteiger charge is 2.49. The summed E-state index contributed by atoms with van der Waals surface area (Å²) in [5, 5.41) is 2.82. The summed E-state index contributed by atoms with van der Waals surface area (Å²) < 4.78 is 26.9. The van der Waals surface area contributed by atoms with Gasteiger partial charge in [0.1, 0.15) is 11.6 Å². The first kappa shape index (κ1) is 19.4. The van der Waals surface area contributed by atoms with E-state index in [1.165, 1.54) is 18.2 Å². The van der Waals surface area contributed by atoms with Crippen LogP contribution in [0.2, 0.25) is 0 Å². The summed E-state index contributed by atoms with van der Waals surface area (Å²) in [5.41, 5.74) is 1.37. The number of piperazine rings is 1. The molecular weight excluding hydrogens is 376 g/mol. The molecule has 4 rings (SSSR count). The molecule has 0 aromatic heterocycles. The molecule has 0 radical (unpaired) electrons. The Labute approximate surface area is 168 Å². The van der Waals surface area contributed by atoms with Gasteiger partial charge in [-0.05, 0) is 36.2 Å². The van der Waals surface area contributed by atoms with Crippen LogP contribution in [0.5, 0.6) is 0 Å². The van der Waals surface area contributed by atoms with Gasteiger partial charge in [0.2, 0.25) is 11.8 Å². The minimum Gasteiger partial charge on any atom is -0.366 e. The molecule has 2 amide bonds. The number of para-hydroxylation sites is 1. The van der Waals surface area contributed by atoms with Gasteiger partial charge < -0.3 is 15.1 Å². The van der Waals surface area contributed by atoms with Crippen molar-refractivity contribution >= 4 is 17.5 Å². The normalized spacial score (nSPS) is 21.0. The molecule has 1 aliphatic heterocycles. The average Bonchev–Trinajstić information content (AvgIpc) is 3.54. The Hall–Kier alpha value is -2.96. The largest absolute Gasteiger partial charge is 0.366 e. The summed E-state index contributed by atoms with van der Waals surface area (Å²) in [5.74, 6) is -1.29. The maximum Gasteiger partial charge on any atom is 0.226 e. The number of rotatable bonds is 5. The monoisotopic (exact) mass is 399 g/mol. The van der Waals surface area contributed by atoms with Crippen molar-refractivity contribution in [3.05, 3.63) is 65.7 Å². The standard InChI is InChI=1S/C22H23F2N3O2/c23-16-7-5-15(6-8-16)14-25-21(28)17-13-18(17)22(29)27-11-9-26(10-12-27)20-4-2-1-3-19(20)24/h1-8,17-18H,9-14H2,(H,25,28). The lowest BCUT2D eigenvalue weighted by molar-refractivity contribution is -0.135. The highest BCUT2D eigenvalue weighted by atomic mass is 19.1. The zero-order valence-electron chi connectivity index (χ0n) is 16.0. The van der Waals surface area contributed by atoms with Crippen LogP contribution < -0.4 is 10.2 Å². The fourth-order valence-corrected chi connectivity index (χ4v) is 3.79. The summed E-state index contributed by atoms with van der Waals surface area (Å²) in [6.45, 7) is 2.50. The predicted molar refractivity (Wildman–Crippen MR) is 105 cm³/mol. The fraction of sp³-hybridized carbons (Fsp3) is 0.364. The van der Waals surface area contributed by atoms with Crippen molar-refractivity contribution in [2.24, 2.45) is 11.8 Å².